The molecule has 0 aliphatic heterocycles. The molecular weight excluding hydrogens is 237 g/mol. The van der Waals surface area contributed by atoms with Crippen LogP contribution in [0.2, 0.25) is 5.02 Å². The van der Waals surface area contributed by atoms with Gasteiger partial charge >= 0.3 is 0 Å². The molecule has 2 N–H and O–H groups in total. The highest BCUT2D eigenvalue weighted by Gasteiger charge is 2.48. The van der Waals surface area contributed by atoms with E-state index in [4.69, 9.17) is 17.3 Å². The van der Waals surface area contributed by atoms with Crippen LogP contribution in [0.15, 0.2) is 18.2 Å². The Morgan fingerprint density at radius 2 is 2.00 bits per heavy atom. The molecule has 1 atom stereocenters. The number of halogens is 2. The summed E-state index contributed by atoms with van der Waals surface area (Å²) in [5.74, 6) is 0. The smallest absolute Gasteiger partial charge is 0.130 e. The first-order valence-electron chi connectivity index (χ1n) is 6.02. The van der Waals surface area contributed by atoms with E-state index in [1.165, 1.54) is 13.8 Å². The normalized spacial score (nSPS) is 20.1. The third-order valence-corrected chi connectivity index (χ3v) is 4.16. The van der Waals surface area contributed by atoms with Crippen molar-refractivity contribution >= 4 is 11.6 Å². The topological polar surface area (TPSA) is 26.0 Å². The van der Waals surface area contributed by atoms with Crippen molar-refractivity contribution in [2.45, 2.75) is 50.7 Å². The Morgan fingerprint density at radius 1 is 1.41 bits per heavy atom. The van der Waals surface area contributed by atoms with E-state index in [0.717, 1.165) is 18.4 Å². The maximum Gasteiger partial charge on any atom is 0.130 e. The zero-order chi connectivity index (χ0) is 12.8. The van der Waals surface area contributed by atoms with Crippen molar-refractivity contribution in [2.24, 2.45) is 5.73 Å². The molecule has 1 aromatic rings. The highest BCUT2D eigenvalue weighted by molar-refractivity contribution is 6.31. The predicted octanol–water partition coefficient (Wildman–Crippen LogP) is 3.92. The molecule has 1 nitrogen and oxygen atoms in total. The molecule has 0 bridgehead atoms. The molecule has 0 saturated heterocycles. The second-order valence-corrected chi connectivity index (χ2v) is 6.02. The number of alkyl halides is 1. The molecule has 1 aliphatic carbocycles. The Bertz CT molecular complexity index is 430. The Balaban J connectivity index is 2.40. The standard InChI is InChI=1S/C14H19ClFN/c1-9(17)14(6-7-14)11-5-4-10(8-12(11)15)13(2,3)16/h4-5,8-9H,6-7,17H2,1-3H3. The molecule has 1 aliphatic rings. The maximum atomic E-state index is 13.8. The number of hydrogen-bond acceptors (Lipinski definition) is 1. The summed E-state index contributed by atoms with van der Waals surface area (Å²) in [7, 11) is 0. The van der Waals surface area contributed by atoms with Crippen molar-refractivity contribution in [1.82, 2.24) is 0 Å². The van der Waals surface area contributed by atoms with Crippen molar-refractivity contribution in [1.29, 1.82) is 0 Å². The van der Waals surface area contributed by atoms with Gasteiger partial charge in [-0.25, -0.2) is 4.39 Å². The molecule has 0 heterocycles. The Hall–Kier alpha value is -0.600. The SMILES string of the molecule is CC(N)C1(c2ccc(C(C)(C)F)cc2Cl)CC1. The minimum Gasteiger partial charge on any atom is -0.327 e. The van der Waals surface area contributed by atoms with E-state index in [0.29, 0.717) is 10.6 Å². The molecule has 0 radical (unpaired) electrons. The molecule has 2 rings (SSSR count). The zero-order valence-electron chi connectivity index (χ0n) is 10.6. The molecule has 0 amide bonds. The monoisotopic (exact) mass is 255 g/mol. The van der Waals surface area contributed by atoms with Crippen LogP contribution in [0.4, 0.5) is 4.39 Å². The first-order valence-corrected chi connectivity index (χ1v) is 6.40. The number of benzene rings is 1. The van der Waals surface area contributed by atoms with E-state index in [9.17, 15) is 4.39 Å². The lowest BCUT2D eigenvalue weighted by Crippen LogP contribution is -2.31. The summed E-state index contributed by atoms with van der Waals surface area (Å²) in [4.78, 5) is 0. The summed E-state index contributed by atoms with van der Waals surface area (Å²) >= 11 is 6.28. The lowest BCUT2D eigenvalue weighted by atomic mass is 9.87. The fourth-order valence-electron chi connectivity index (χ4n) is 2.39. The second-order valence-electron chi connectivity index (χ2n) is 5.61. The van der Waals surface area contributed by atoms with E-state index in [-0.39, 0.29) is 11.5 Å². The molecule has 1 fully saturated rings. The molecule has 0 aromatic heterocycles. The maximum absolute atomic E-state index is 13.8. The lowest BCUT2D eigenvalue weighted by Gasteiger charge is -2.23. The minimum atomic E-state index is -1.35. The van der Waals surface area contributed by atoms with Crippen molar-refractivity contribution in [3.05, 3.63) is 34.3 Å². The van der Waals surface area contributed by atoms with Gasteiger partial charge in [0.25, 0.3) is 0 Å². The fraction of sp³-hybridized carbons (Fsp3) is 0.571. The Kier molecular flexibility index (Phi) is 2.99. The first kappa shape index (κ1) is 12.8. The van der Waals surface area contributed by atoms with E-state index >= 15 is 0 Å². The number of nitrogens with two attached hydrogens (primary N) is 1. The van der Waals surface area contributed by atoms with Gasteiger partial charge in [0.1, 0.15) is 5.67 Å². The van der Waals surface area contributed by atoms with Gasteiger partial charge in [-0.05, 0) is 50.8 Å². The molecule has 17 heavy (non-hydrogen) atoms. The second kappa shape index (κ2) is 3.96. The highest BCUT2D eigenvalue weighted by Crippen LogP contribution is 2.52. The third kappa shape index (κ3) is 2.21. The van der Waals surface area contributed by atoms with Gasteiger partial charge in [-0.15, -0.1) is 0 Å². The summed E-state index contributed by atoms with van der Waals surface area (Å²) in [5, 5.41) is 0.642. The Morgan fingerprint density at radius 3 is 2.35 bits per heavy atom. The zero-order valence-corrected chi connectivity index (χ0v) is 11.3. The Labute approximate surface area is 107 Å². The van der Waals surface area contributed by atoms with E-state index in [1.54, 1.807) is 6.07 Å². The summed E-state index contributed by atoms with van der Waals surface area (Å²) in [6.07, 6.45) is 2.14. The molecule has 1 saturated carbocycles. The van der Waals surface area contributed by atoms with Gasteiger partial charge in [-0.3, -0.25) is 0 Å². The fourth-order valence-corrected chi connectivity index (χ4v) is 2.76. The van der Waals surface area contributed by atoms with Crippen LogP contribution < -0.4 is 5.73 Å². The first-order chi connectivity index (χ1) is 7.77. The summed E-state index contributed by atoms with van der Waals surface area (Å²) in [6.45, 7) is 5.09. The van der Waals surface area contributed by atoms with Crippen LogP contribution in [-0.2, 0) is 11.1 Å². The van der Waals surface area contributed by atoms with Crippen LogP contribution >= 0.6 is 11.6 Å². The van der Waals surface area contributed by atoms with Gasteiger partial charge in [-0.1, -0.05) is 23.7 Å². The van der Waals surface area contributed by atoms with Gasteiger partial charge in [0.15, 0.2) is 0 Å². The number of hydrogen-bond donors (Lipinski definition) is 1. The molecule has 94 valence electrons. The highest BCUT2D eigenvalue weighted by atomic mass is 35.5. The minimum absolute atomic E-state index is 0.0239. The van der Waals surface area contributed by atoms with Gasteiger partial charge in [0, 0.05) is 16.5 Å². The molecular formula is C14H19ClFN. The van der Waals surface area contributed by atoms with Gasteiger partial charge < -0.3 is 5.73 Å². The van der Waals surface area contributed by atoms with E-state index in [1.807, 2.05) is 19.1 Å². The van der Waals surface area contributed by atoms with Crippen molar-refractivity contribution in [2.75, 3.05) is 0 Å². The quantitative estimate of drug-likeness (QED) is 0.870. The van der Waals surface area contributed by atoms with E-state index in [2.05, 4.69) is 0 Å². The molecule has 0 spiro atoms. The molecule has 1 aromatic carbocycles. The van der Waals surface area contributed by atoms with Crippen LogP contribution in [0.5, 0.6) is 0 Å². The van der Waals surface area contributed by atoms with Crippen LogP contribution in [0.3, 0.4) is 0 Å². The van der Waals surface area contributed by atoms with E-state index < -0.39 is 5.67 Å². The van der Waals surface area contributed by atoms with Crippen LogP contribution in [0.1, 0.15) is 44.7 Å². The number of rotatable bonds is 3. The van der Waals surface area contributed by atoms with Gasteiger partial charge in [0.2, 0.25) is 0 Å². The van der Waals surface area contributed by atoms with Crippen LogP contribution in [-0.4, -0.2) is 6.04 Å². The van der Waals surface area contributed by atoms with Gasteiger partial charge in [-0.2, -0.15) is 0 Å². The summed E-state index contributed by atoms with van der Waals surface area (Å²) in [6, 6.07) is 5.59. The van der Waals surface area contributed by atoms with Crippen molar-refractivity contribution in [3.63, 3.8) is 0 Å². The third-order valence-electron chi connectivity index (χ3n) is 3.85. The molecule has 3 heteroatoms. The average molecular weight is 256 g/mol. The van der Waals surface area contributed by atoms with Crippen molar-refractivity contribution < 1.29 is 4.39 Å². The lowest BCUT2D eigenvalue weighted by molar-refractivity contribution is 0.221. The summed E-state index contributed by atoms with van der Waals surface area (Å²) in [5.41, 5.74) is 6.38. The average Bonchev–Trinajstić information content (AvgIpc) is 2.96. The van der Waals surface area contributed by atoms with Crippen LogP contribution in [0.25, 0.3) is 0 Å². The summed E-state index contributed by atoms with van der Waals surface area (Å²) < 4.78 is 13.8. The van der Waals surface area contributed by atoms with Crippen LogP contribution in [0, 0.1) is 0 Å². The largest absolute Gasteiger partial charge is 0.327 e. The molecule has 1 unspecified atom stereocenters. The van der Waals surface area contributed by atoms with Crippen molar-refractivity contribution in [3.8, 4) is 0 Å². The van der Waals surface area contributed by atoms with Gasteiger partial charge in [0.05, 0.1) is 0 Å². The predicted molar refractivity (Wildman–Crippen MR) is 70.1 cm³/mol.